The zero-order chi connectivity index (χ0) is 24.8. The Morgan fingerprint density at radius 2 is 1.77 bits per heavy atom. The number of aryl methyl sites for hydroxylation is 2. The van der Waals surface area contributed by atoms with Crippen LogP contribution in [0.3, 0.4) is 0 Å². The first-order chi connectivity index (χ1) is 17.0. The van der Waals surface area contributed by atoms with Gasteiger partial charge >= 0.3 is 0 Å². The number of nitrogens with one attached hydrogen (secondary N) is 1. The fourth-order valence-electron chi connectivity index (χ4n) is 3.81. The van der Waals surface area contributed by atoms with Gasteiger partial charge in [0.25, 0.3) is 0 Å². The quantitative estimate of drug-likeness (QED) is 0.325. The van der Waals surface area contributed by atoms with Crippen LogP contribution in [-0.4, -0.2) is 40.6 Å². The van der Waals surface area contributed by atoms with Gasteiger partial charge in [0.15, 0.2) is 5.16 Å². The van der Waals surface area contributed by atoms with E-state index in [-0.39, 0.29) is 11.7 Å². The maximum atomic E-state index is 12.8. The molecule has 180 valence electrons. The van der Waals surface area contributed by atoms with Crippen LogP contribution in [0.2, 0.25) is 0 Å². The number of thioether (sulfide) groups is 1. The van der Waals surface area contributed by atoms with E-state index in [1.54, 1.807) is 32.4 Å². The van der Waals surface area contributed by atoms with Crippen LogP contribution in [0.1, 0.15) is 22.5 Å². The van der Waals surface area contributed by atoms with Crippen molar-refractivity contribution in [2.45, 2.75) is 25.4 Å². The molecule has 3 aromatic carbocycles. The lowest BCUT2D eigenvalue weighted by Gasteiger charge is -2.14. The molecule has 35 heavy (non-hydrogen) atoms. The third kappa shape index (κ3) is 5.84. The summed E-state index contributed by atoms with van der Waals surface area (Å²) in [4.78, 5) is 12.8. The molecule has 4 aromatic rings. The fraction of sp³-hybridized carbons (Fsp3) is 0.222. The molecule has 0 atom stereocenters. The maximum Gasteiger partial charge on any atom is 0.234 e. The van der Waals surface area contributed by atoms with Gasteiger partial charge in [-0.1, -0.05) is 59.8 Å². The van der Waals surface area contributed by atoms with Gasteiger partial charge < -0.3 is 14.8 Å². The number of methoxy groups -OCH3 is 2. The highest BCUT2D eigenvalue weighted by atomic mass is 32.2. The van der Waals surface area contributed by atoms with Crippen LogP contribution in [0.4, 0.5) is 5.69 Å². The molecule has 0 saturated heterocycles. The largest absolute Gasteiger partial charge is 0.497 e. The highest BCUT2D eigenvalue weighted by molar-refractivity contribution is 7.99. The summed E-state index contributed by atoms with van der Waals surface area (Å²) < 4.78 is 12.7. The molecule has 0 aliphatic rings. The molecule has 0 saturated carbocycles. The number of ether oxygens (including phenoxy) is 2. The SMILES string of the molecule is COc1ccc(OC)c(NC(=O)CSc2nnc(Cc3ccccc3)n2-c2ccc(C)cc2C)c1. The predicted octanol–water partition coefficient (Wildman–Crippen LogP) is 5.22. The van der Waals surface area contributed by atoms with Crippen molar-refractivity contribution in [3.8, 4) is 17.2 Å². The Balaban J connectivity index is 1.58. The first-order valence-corrected chi connectivity index (χ1v) is 12.2. The number of hydrogen-bond donors (Lipinski definition) is 1. The van der Waals surface area contributed by atoms with E-state index >= 15 is 0 Å². The van der Waals surface area contributed by atoms with Gasteiger partial charge in [-0.15, -0.1) is 10.2 Å². The summed E-state index contributed by atoms with van der Waals surface area (Å²) in [6, 6.07) is 21.7. The second-order valence-electron chi connectivity index (χ2n) is 8.09. The summed E-state index contributed by atoms with van der Waals surface area (Å²) >= 11 is 1.34. The van der Waals surface area contributed by atoms with E-state index in [0.717, 1.165) is 22.6 Å². The molecule has 0 spiro atoms. The third-order valence-corrected chi connectivity index (χ3v) is 6.44. The number of benzene rings is 3. The monoisotopic (exact) mass is 488 g/mol. The summed E-state index contributed by atoms with van der Waals surface area (Å²) in [5, 5.41) is 12.5. The maximum absolute atomic E-state index is 12.8. The summed E-state index contributed by atoms with van der Waals surface area (Å²) in [5.74, 6) is 2.00. The minimum absolute atomic E-state index is 0.161. The van der Waals surface area contributed by atoms with Crippen molar-refractivity contribution in [2.75, 3.05) is 25.3 Å². The Bertz CT molecular complexity index is 1320. The molecule has 0 fully saturated rings. The molecular weight excluding hydrogens is 460 g/mol. The van der Waals surface area contributed by atoms with Crippen molar-refractivity contribution >= 4 is 23.4 Å². The Morgan fingerprint density at radius 1 is 0.971 bits per heavy atom. The van der Waals surface area contributed by atoms with Gasteiger partial charge in [-0.05, 0) is 43.2 Å². The molecular formula is C27H28N4O3S. The van der Waals surface area contributed by atoms with E-state index < -0.39 is 0 Å². The second kappa shape index (κ2) is 11.1. The summed E-state index contributed by atoms with van der Waals surface area (Å²) in [6.45, 7) is 4.14. The highest BCUT2D eigenvalue weighted by Crippen LogP contribution is 2.30. The number of amides is 1. The highest BCUT2D eigenvalue weighted by Gasteiger charge is 2.18. The Kier molecular flexibility index (Phi) is 7.72. The average molecular weight is 489 g/mol. The van der Waals surface area contributed by atoms with Crippen molar-refractivity contribution in [2.24, 2.45) is 0 Å². The third-order valence-electron chi connectivity index (χ3n) is 5.51. The van der Waals surface area contributed by atoms with Crippen LogP contribution in [0.25, 0.3) is 5.69 Å². The van der Waals surface area contributed by atoms with Crippen LogP contribution in [-0.2, 0) is 11.2 Å². The Hall–Kier alpha value is -3.78. The Morgan fingerprint density at radius 3 is 2.49 bits per heavy atom. The molecule has 0 bridgehead atoms. The van der Waals surface area contributed by atoms with Crippen LogP contribution in [0.5, 0.6) is 11.5 Å². The number of anilines is 1. The summed E-state index contributed by atoms with van der Waals surface area (Å²) in [5.41, 5.74) is 5.00. The zero-order valence-corrected chi connectivity index (χ0v) is 21.1. The number of nitrogens with zero attached hydrogens (tertiary/aromatic N) is 3. The molecule has 0 unspecified atom stereocenters. The molecule has 1 aromatic heterocycles. The molecule has 0 aliphatic carbocycles. The van der Waals surface area contributed by atoms with Crippen LogP contribution in [0, 0.1) is 13.8 Å². The summed E-state index contributed by atoms with van der Waals surface area (Å²) in [6.07, 6.45) is 0.634. The van der Waals surface area contributed by atoms with Gasteiger partial charge in [-0.2, -0.15) is 0 Å². The first kappa shape index (κ1) is 24.3. The topological polar surface area (TPSA) is 78.3 Å². The normalized spacial score (nSPS) is 10.7. The van der Waals surface area contributed by atoms with Gasteiger partial charge in [-0.3, -0.25) is 9.36 Å². The van der Waals surface area contributed by atoms with E-state index in [1.165, 1.54) is 17.3 Å². The van der Waals surface area contributed by atoms with E-state index in [0.29, 0.717) is 28.8 Å². The van der Waals surface area contributed by atoms with Crippen molar-refractivity contribution in [3.63, 3.8) is 0 Å². The molecule has 1 N–H and O–H groups in total. The van der Waals surface area contributed by atoms with Gasteiger partial charge in [0.2, 0.25) is 5.91 Å². The first-order valence-electron chi connectivity index (χ1n) is 11.2. The van der Waals surface area contributed by atoms with Gasteiger partial charge in [0.05, 0.1) is 31.3 Å². The lowest BCUT2D eigenvalue weighted by atomic mass is 10.1. The van der Waals surface area contributed by atoms with Crippen LogP contribution >= 0.6 is 11.8 Å². The van der Waals surface area contributed by atoms with Gasteiger partial charge in [-0.25, -0.2) is 0 Å². The molecule has 0 radical (unpaired) electrons. The minimum atomic E-state index is -0.179. The van der Waals surface area contributed by atoms with Crippen molar-refractivity contribution in [1.29, 1.82) is 0 Å². The molecule has 8 heteroatoms. The average Bonchev–Trinajstić information content (AvgIpc) is 3.25. The molecule has 0 aliphatic heterocycles. The van der Waals surface area contributed by atoms with E-state index in [9.17, 15) is 4.79 Å². The van der Waals surface area contributed by atoms with E-state index in [4.69, 9.17) is 9.47 Å². The fourth-order valence-corrected chi connectivity index (χ4v) is 4.58. The number of rotatable bonds is 9. The number of carbonyl (C=O) groups is 1. The molecule has 1 heterocycles. The lowest BCUT2D eigenvalue weighted by Crippen LogP contribution is -2.15. The van der Waals surface area contributed by atoms with Gasteiger partial charge in [0, 0.05) is 12.5 Å². The van der Waals surface area contributed by atoms with E-state index in [1.807, 2.05) is 22.8 Å². The standard InChI is InChI=1S/C27H28N4O3S/c1-18-10-12-23(19(2)14-18)31-25(15-20-8-6-5-7-9-20)29-30-27(31)35-17-26(32)28-22-16-21(33-3)11-13-24(22)34-4/h5-14,16H,15,17H2,1-4H3,(H,28,32). The van der Waals surface area contributed by atoms with Gasteiger partial charge in [0.1, 0.15) is 17.3 Å². The van der Waals surface area contributed by atoms with Crippen LogP contribution < -0.4 is 14.8 Å². The number of aromatic nitrogens is 3. The Labute approximate surface area is 209 Å². The minimum Gasteiger partial charge on any atom is -0.497 e. The molecule has 7 nitrogen and oxygen atoms in total. The molecule has 4 rings (SSSR count). The number of hydrogen-bond acceptors (Lipinski definition) is 6. The summed E-state index contributed by atoms with van der Waals surface area (Å²) in [7, 11) is 3.14. The predicted molar refractivity (Wildman–Crippen MR) is 139 cm³/mol. The van der Waals surface area contributed by atoms with Crippen molar-refractivity contribution in [3.05, 3.63) is 89.2 Å². The van der Waals surface area contributed by atoms with Crippen LogP contribution in [0.15, 0.2) is 71.9 Å². The van der Waals surface area contributed by atoms with Crippen molar-refractivity contribution in [1.82, 2.24) is 14.8 Å². The molecule has 1 amide bonds. The zero-order valence-electron chi connectivity index (χ0n) is 20.2. The smallest absolute Gasteiger partial charge is 0.234 e. The van der Waals surface area contributed by atoms with E-state index in [2.05, 4.69) is 59.7 Å². The lowest BCUT2D eigenvalue weighted by molar-refractivity contribution is -0.113. The number of carbonyl (C=O) groups excluding carboxylic acids is 1. The second-order valence-corrected chi connectivity index (χ2v) is 9.03. The van der Waals surface area contributed by atoms with Crippen molar-refractivity contribution < 1.29 is 14.3 Å².